The number of nitrogens with two attached hydrogens (primary N) is 1. The van der Waals surface area contributed by atoms with Crippen molar-refractivity contribution >= 4 is 23.4 Å². The lowest BCUT2D eigenvalue weighted by Gasteiger charge is -2.15. The minimum absolute atomic E-state index is 0.270. The number of nitrogen functional groups attached to an aromatic ring is 1. The summed E-state index contributed by atoms with van der Waals surface area (Å²) in [6, 6.07) is 4.16. The van der Waals surface area contributed by atoms with Crippen LogP contribution in [0.1, 0.15) is 26.7 Å². The molecule has 0 heterocycles. The van der Waals surface area contributed by atoms with Crippen LogP contribution in [-0.4, -0.2) is 17.8 Å². The first-order chi connectivity index (χ1) is 8.58. The molecule has 0 aliphatic carbocycles. The van der Waals surface area contributed by atoms with E-state index in [1.165, 1.54) is 30.0 Å². The van der Waals surface area contributed by atoms with Crippen LogP contribution in [0, 0.1) is 5.82 Å². The van der Waals surface area contributed by atoms with Crippen molar-refractivity contribution in [1.82, 2.24) is 0 Å². The lowest BCUT2D eigenvalue weighted by molar-refractivity contribution is -0.142. The largest absolute Gasteiger partial charge is 0.465 e. The summed E-state index contributed by atoms with van der Waals surface area (Å²) in [6.45, 7) is 4.10. The second-order valence-electron chi connectivity index (χ2n) is 3.83. The maximum absolute atomic E-state index is 13.1. The highest BCUT2D eigenvalue weighted by Crippen LogP contribution is 2.32. The number of rotatable bonds is 6. The van der Waals surface area contributed by atoms with E-state index in [-0.39, 0.29) is 17.0 Å². The van der Waals surface area contributed by atoms with Crippen molar-refractivity contribution in [2.45, 2.75) is 36.8 Å². The highest BCUT2D eigenvalue weighted by atomic mass is 32.2. The molecule has 0 aliphatic rings. The molecule has 1 unspecified atom stereocenters. The van der Waals surface area contributed by atoms with Gasteiger partial charge in [-0.05, 0) is 31.5 Å². The lowest BCUT2D eigenvalue weighted by atomic mass is 10.2. The Morgan fingerprint density at radius 3 is 2.83 bits per heavy atom. The average Bonchev–Trinajstić information content (AvgIpc) is 2.33. The van der Waals surface area contributed by atoms with Crippen LogP contribution in [0.5, 0.6) is 0 Å². The second-order valence-corrected chi connectivity index (χ2v) is 5.07. The molecule has 0 spiro atoms. The Morgan fingerprint density at radius 2 is 2.22 bits per heavy atom. The zero-order valence-corrected chi connectivity index (χ0v) is 11.4. The summed E-state index contributed by atoms with van der Waals surface area (Å²) < 4.78 is 18.2. The Morgan fingerprint density at radius 1 is 1.50 bits per heavy atom. The Hall–Kier alpha value is -1.23. The van der Waals surface area contributed by atoms with Gasteiger partial charge in [0.25, 0.3) is 0 Å². The van der Waals surface area contributed by atoms with Crippen molar-refractivity contribution in [1.29, 1.82) is 0 Å². The fourth-order valence-electron chi connectivity index (χ4n) is 1.49. The molecule has 0 fully saturated rings. The number of halogens is 1. The van der Waals surface area contributed by atoms with E-state index in [0.717, 1.165) is 6.42 Å². The number of thioether (sulfide) groups is 1. The summed E-state index contributed by atoms with van der Waals surface area (Å²) in [4.78, 5) is 12.3. The van der Waals surface area contributed by atoms with Crippen LogP contribution in [0.3, 0.4) is 0 Å². The van der Waals surface area contributed by atoms with E-state index in [0.29, 0.717) is 23.6 Å². The van der Waals surface area contributed by atoms with Crippen LogP contribution in [-0.2, 0) is 9.53 Å². The molecular weight excluding hydrogens is 253 g/mol. The van der Waals surface area contributed by atoms with Crippen LogP contribution in [0.4, 0.5) is 10.1 Å². The molecule has 0 aliphatic heterocycles. The first-order valence-corrected chi connectivity index (χ1v) is 6.84. The smallest absolute Gasteiger partial charge is 0.319 e. The van der Waals surface area contributed by atoms with E-state index in [1.54, 1.807) is 6.92 Å². The number of hydrogen-bond acceptors (Lipinski definition) is 4. The Balaban J connectivity index is 2.82. The summed E-state index contributed by atoms with van der Waals surface area (Å²) in [5.41, 5.74) is 6.25. The Labute approximate surface area is 111 Å². The van der Waals surface area contributed by atoms with E-state index < -0.39 is 0 Å². The third kappa shape index (κ3) is 4.22. The van der Waals surface area contributed by atoms with E-state index >= 15 is 0 Å². The third-order valence-corrected chi connectivity index (χ3v) is 3.67. The zero-order valence-electron chi connectivity index (χ0n) is 10.6. The molecule has 1 rings (SSSR count). The number of ether oxygens (including phenoxy) is 1. The monoisotopic (exact) mass is 271 g/mol. The summed E-state index contributed by atoms with van der Waals surface area (Å²) >= 11 is 1.26. The highest BCUT2D eigenvalue weighted by molar-refractivity contribution is 8.00. The fraction of sp³-hybridized carbons (Fsp3) is 0.462. The average molecular weight is 271 g/mol. The van der Waals surface area contributed by atoms with Crippen molar-refractivity contribution in [3.05, 3.63) is 24.0 Å². The van der Waals surface area contributed by atoms with Gasteiger partial charge < -0.3 is 10.5 Å². The predicted molar refractivity (Wildman–Crippen MR) is 72.0 cm³/mol. The van der Waals surface area contributed by atoms with Crippen molar-refractivity contribution in [2.75, 3.05) is 12.3 Å². The van der Waals surface area contributed by atoms with Crippen molar-refractivity contribution in [3.8, 4) is 0 Å². The molecule has 0 aromatic heterocycles. The molecule has 5 heteroatoms. The Bertz CT molecular complexity index is 412. The molecule has 0 bridgehead atoms. The van der Waals surface area contributed by atoms with E-state index in [4.69, 9.17) is 10.5 Å². The van der Waals surface area contributed by atoms with Crippen LogP contribution in [0.25, 0.3) is 0 Å². The minimum atomic E-state index is -0.356. The second kappa shape index (κ2) is 7.26. The van der Waals surface area contributed by atoms with Gasteiger partial charge in [0.05, 0.1) is 6.61 Å². The molecule has 0 saturated heterocycles. The summed E-state index contributed by atoms with van der Waals surface area (Å²) in [6.07, 6.45) is 1.53. The van der Waals surface area contributed by atoms with E-state index in [1.807, 2.05) is 6.92 Å². The number of carbonyl (C=O) groups is 1. The molecule has 0 saturated carbocycles. The van der Waals surface area contributed by atoms with Gasteiger partial charge in [0, 0.05) is 10.6 Å². The molecule has 0 amide bonds. The van der Waals surface area contributed by atoms with Gasteiger partial charge in [0.15, 0.2) is 0 Å². The topological polar surface area (TPSA) is 52.3 Å². The van der Waals surface area contributed by atoms with Gasteiger partial charge in [-0.3, -0.25) is 4.79 Å². The van der Waals surface area contributed by atoms with Crippen molar-refractivity contribution in [3.63, 3.8) is 0 Å². The van der Waals surface area contributed by atoms with Crippen LogP contribution in [0.15, 0.2) is 23.1 Å². The van der Waals surface area contributed by atoms with Gasteiger partial charge in [0.1, 0.15) is 11.1 Å². The first-order valence-electron chi connectivity index (χ1n) is 5.96. The number of anilines is 1. The molecule has 0 radical (unpaired) electrons. The normalized spacial score (nSPS) is 12.2. The standard InChI is InChI=1S/C13H18FNO2S/c1-3-5-11(13(16)17-4-2)18-12-8-9(14)6-7-10(12)15/h6-8,11H,3-5,15H2,1-2H3. The van der Waals surface area contributed by atoms with Gasteiger partial charge in [-0.15, -0.1) is 11.8 Å². The van der Waals surface area contributed by atoms with Gasteiger partial charge in [0.2, 0.25) is 0 Å². The number of benzene rings is 1. The quantitative estimate of drug-likeness (QED) is 0.490. The van der Waals surface area contributed by atoms with Crippen molar-refractivity contribution < 1.29 is 13.9 Å². The molecule has 3 nitrogen and oxygen atoms in total. The minimum Gasteiger partial charge on any atom is -0.465 e. The third-order valence-electron chi connectivity index (χ3n) is 2.35. The molecular formula is C13H18FNO2S. The molecule has 1 aromatic carbocycles. The predicted octanol–water partition coefficient (Wildman–Crippen LogP) is 3.23. The van der Waals surface area contributed by atoms with Crippen molar-refractivity contribution in [2.24, 2.45) is 0 Å². The van der Waals surface area contributed by atoms with Crippen LogP contribution >= 0.6 is 11.8 Å². The van der Waals surface area contributed by atoms with Gasteiger partial charge in [-0.2, -0.15) is 0 Å². The SMILES string of the molecule is CCCC(Sc1cc(F)ccc1N)C(=O)OCC. The zero-order chi connectivity index (χ0) is 13.5. The Kier molecular flexibility index (Phi) is 5.98. The lowest BCUT2D eigenvalue weighted by Crippen LogP contribution is -2.20. The fourth-order valence-corrected chi connectivity index (χ4v) is 2.69. The molecule has 18 heavy (non-hydrogen) atoms. The number of hydrogen-bond donors (Lipinski definition) is 1. The number of esters is 1. The highest BCUT2D eigenvalue weighted by Gasteiger charge is 2.21. The van der Waals surface area contributed by atoms with Gasteiger partial charge in [-0.1, -0.05) is 13.3 Å². The summed E-state index contributed by atoms with van der Waals surface area (Å²) in [5, 5.41) is -0.334. The molecule has 2 N–H and O–H groups in total. The summed E-state index contributed by atoms with van der Waals surface area (Å²) in [7, 11) is 0. The summed E-state index contributed by atoms with van der Waals surface area (Å²) in [5.74, 6) is -0.626. The van der Waals surface area contributed by atoms with Gasteiger partial charge in [-0.25, -0.2) is 4.39 Å². The molecule has 100 valence electrons. The van der Waals surface area contributed by atoms with E-state index in [2.05, 4.69) is 0 Å². The van der Waals surface area contributed by atoms with Crippen LogP contribution < -0.4 is 5.73 Å². The molecule has 1 atom stereocenters. The van der Waals surface area contributed by atoms with Crippen LogP contribution in [0.2, 0.25) is 0 Å². The maximum Gasteiger partial charge on any atom is 0.319 e. The first kappa shape index (κ1) is 14.8. The maximum atomic E-state index is 13.1. The molecule has 1 aromatic rings. The van der Waals surface area contributed by atoms with E-state index in [9.17, 15) is 9.18 Å². The number of carbonyl (C=O) groups excluding carboxylic acids is 1. The van der Waals surface area contributed by atoms with Gasteiger partial charge >= 0.3 is 5.97 Å².